The zero-order valence-electron chi connectivity index (χ0n) is 11.9. The van der Waals surface area contributed by atoms with Crippen molar-refractivity contribution in [2.24, 2.45) is 0 Å². The van der Waals surface area contributed by atoms with Crippen molar-refractivity contribution in [1.29, 1.82) is 5.26 Å². The Morgan fingerprint density at radius 3 is 3.05 bits per heavy atom. The van der Waals surface area contributed by atoms with Crippen molar-refractivity contribution in [3.8, 4) is 6.07 Å². The number of nitrogens with zero attached hydrogens (tertiary/aromatic N) is 2. The SMILES string of the molecule is N#Cc1cc2c(nc1NC1CCCCNC1)CCCC2. The molecule has 0 amide bonds. The quantitative estimate of drug-likeness (QED) is 0.866. The maximum atomic E-state index is 9.36. The topological polar surface area (TPSA) is 60.7 Å². The Labute approximate surface area is 120 Å². The lowest BCUT2D eigenvalue weighted by atomic mass is 9.95. The lowest BCUT2D eigenvalue weighted by Gasteiger charge is -2.21. The molecule has 0 radical (unpaired) electrons. The molecule has 2 heterocycles. The highest BCUT2D eigenvalue weighted by molar-refractivity contribution is 5.55. The summed E-state index contributed by atoms with van der Waals surface area (Å²) in [5.74, 6) is 0.793. The fourth-order valence-electron chi connectivity index (χ4n) is 3.16. The Kier molecular flexibility index (Phi) is 4.17. The summed E-state index contributed by atoms with van der Waals surface area (Å²) in [4.78, 5) is 4.75. The van der Waals surface area contributed by atoms with Crippen LogP contribution in [-0.2, 0) is 12.8 Å². The molecule has 1 atom stereocenters. The first-order valence-corrected chi connectivity index (χ1v) is 7.77. The van der Waals surface area contributed by atoms with Gasteiger partial charge in [0.1, 0.15) is 11.9 Å². The number of hydrogen-bond acceptors (Lipinski definition) is 4. The molecular formula is C16H22N4. The van der Waals surface area contributed by atoms with Crippen molar-refractivity contribution in [1.82, 2.24) is 10.3 Å². The van der Waals surface area contributed by atoms with Crippen molar-refractivity contribution in [3.63, 3.8) is 0 Å². The van der Waals surface area contributed by atoms with Gasteiger partial charge < -0.3 is 10.6 Å². The third-order valence-electron chi connectivity index (χ3n) is 4.31. The highest BCUT2D eigenvalue weighted by Crippen LogP contribution is 2.25. The molecule has 1 aliphatic heterocycles. The molecule has 4 nitrogen and oxygen atoms in total. The maximum Gasteiger partial charge on any atom is 0.144 e. The van der Waals surface area contributed by atoms with Crippen LogP contribution >= 0.6 is 0 Å². The van der Waals surface area contributed by atoms with Crippen LogP contribution in [0, 0.1) is 11.3 Å². The first-order valence-electron chi connectivity index (χ1n) is 7.77. The van der Waals surface area contributed by atoms with Crippen molar-refractivity contribution in [3.05, 3.63) is 22.9 Å². The Bertz CT molecular complexity index is 510. The van der Waals surface area contributed by atoms with E-state index in [-0.39, 0.29) is 0 Å². The van der Waals surface area contributed by atoms with Gasteiger partial charge in [0.2, 0.25) is 0 Å². The van der Waals surface area contributed by atoms with Crippen LogP contribution < -0.4 is 10.6 Å². The van der Waals surface area contributed by atoms with Gasteiger partial charge in [0.05, 0.1) is 5.56 Å². The number of anilines is 1. The molecule has 0 bridgehead atoms. The standard InChI is InChI=1S/C16H22N4/c17-10-13-9-12-5-1-2-7-15(12)20-16(13)19-14-6-3-4-8-18-11-14/h9,14,18H,1-8,11H2,(H,19,20). The van der Waals surface area contributed by atoms with Crippen LogP contribution in [0.4, 0.5) is 5.82 Å². The first kappa shape index (κ1) is 13.4. The summed E-state index contributed by atoms with van der Waals surface area (Å²) in [6.45, 7) is 2.06. The van der Waals surface area contributed by atoms with Gasteiger partial charge in [-0.05, 0) is 56.7 Å². The van der Waals surface area contributed by atoms with Gasteiger partial charge in [-0.15, -0.1) is 0 Å². The third-order valence-corrected chi connectivity index (χ3v) is 4.31. The van der Waals surface area contributed by atoms with Crippen molar-refractivity contribution < 1.29 is 0 Å². The smallest absolute Gasteiger partial charge is 0.144 e. The second-order valence-corrected chi connectivity index (χ2v) is 5.85. The maximum absolute atomic E-state index is 9.36. The minimum absolute atomic E-state index is 0.388. The van der Waals surface area contributed by atoms with Crippen molar-refractivity contribution >= 4 is 5.82 Å². The number of hydrogen-bond donors (Lipinski definition) is 2. The van der Waals surface area contributed by atoms with E-state index in [4.69, 9.17) is 4.98 Å². The van der Waals surface area contributed by atoms with Gasteiger partial charge in [-0.1, -0.05) is 6.42 Å². The average molecular weight is 270 g/mol. The Morgan fingerprint density at radius 2 is 2.15 bits per heavy atom. The van der Waals surface area contributed by atoms with E-state index in [9.17, 15) is 5.26 Å². The summed E-state index contributed by atoms with van der Waals surface area (Å²) in [7, 11) is 0. The van der Waals surface area contributed by atoms with Crippen LogP contribution in [0.5, 0.6) is 0 Å². The fourth-order valence-corrected chi connectivity index (χ4v) is 3.16. The van der Waals surface area contributed by atoms with E-state index in [1.54, 1.807) is 0 Å². The molecule has 1 unspecified atom stereocenters. The highest BCUT2D eigenvalue weighted by Gasteiger charge is 2.18. The Hall–Kier alpha value is -1.60. The molecule has 1 saturated heterocycles. The average Bonchev–Trinajstić information content (AvgIpc) is 2.75. The summed E-state index contributed by atoms with van der Waals surface area (Å²) >= 11 is 0. The monoisotopic (exact) mass is 270 g/mol. The van der Waals surface area contributed by atoms with Gasteiger partial charge in [-0.3, -0.25) is 0 Å². The van der Waals surface area contributed by atoms with Crippen LogP contribution in [0.25, 0.3) is 0 Å². The van der Waals surface area contributed by atoms with E-state index in [2.05, 4.69) is 16.7 Å². The van der Waals surface area contributed by atoms with Gasteiger partial charge in [0.15, 0.2) is 0 Å². The Balaban J connectivity index is 1.82. The highest BCUT2D eigenvalue weighted by atomic mass is 15.1. The number of nitrogens with one attached hydrogen (secondary N) is 2. The molecule has 106 valence electrons. The number of fused-ring (bicyclic) bond motifs is 1. The summed E-state index contributed by atoms with van der Waals surface area (Å²) in [6.07, 6.45) is 8.19. The van der Waals surface area contributed by atoms with Crippen molar-refractivity contribution in [2.45, 2.75) is 51.0 Å². The lowest BCUT2D eigenvalue weighted by molar-refractivity contribution is 0.629. The molecule has 2 aliphatic rings. The fraction of sp³-hybridized carbons (Fsp3) is 0.625. The molecule has 0 saturated carbocycles. The molecule has 2 N–H and O–H groups in total. The minimum atomic E-state index is 0.388. The molecular weight excluding hydrogens is 248 g/mol. The van der Waals surface area contributed by atoms with Crippen molar-refractivity contribution in [2.75, 3.05) is 18.4 Å². The zero-order chi connectivity index (χ0) is 13.8. The van der Waals surface area contributed by atoms with Gasteiger partial charge in [-0.25, -0.2) is 4.98 Å². The summed E-state index contributed by atoms with van der Waals surface area (Å²) < 4.78 is 0. The minimum Gasteiger partial charge on any atom is -0.365 e. The molecule has 0 spiro atoms. The van der Waals surface area contributed by atoms with Crippen LogP contribution in [0.15, 0.2) is 6.07 Å². The summed E-state index contributed by atoms with van der Waals surface area (Å²) in [5.41, 5.74) is 3.17. The third kappa shape index (κ3) is 2.94. The van der Waals surface area contributed by atoms with E-state index >= 15 is 0 Å². The van der Waals surface area contributed by atoms with Gasteiger partial charge >= 0.3 is 0 Å². The molecule has 1 aliphatic carbocycles. The second-order valence-electron chi connectivity index (χ2n) is 5.85. The van der Waals surface area contributed by atoms with Crippen LogP contribution in [0.3, 0.4) is 0 Å². The molecule has 4 heteroatoms. The molecule has 0 aromatic carbocycles. The van der Waals surface area contributed by atoms with E-state index < -0.39 is 0 Å². The van der Waals surface area contributed by atoms with Crippen LogP contribution in [-0.4, -0.2) is 24.1 Å². The van der Waals surface area contributed by atoms with Crippen LogP contribution in [0.1, 0.15) is 48.9 Å². The molecule has 20 heavy (non-hydrogen) atoms. The number of pyridine rings is 1. The molecule has 3 rings (SSSR count). The number of aromatic nitrogens is 1. The molecule has 1 fully saturated rings. The normalized spacial score (nSPS) is 22.4. The van der Waals surface area contributed by atoms with E-state index in [0.717, 1.165) is 38.2 Å². The number of nitriles is 1. The van der Waals surface area contributed by atoms with E-state index in [1.807, 2.05) is 6.07 Å². The van der Waals surface area contributed by atoms with Gasteiger partial charge in [-0.2, -0.15) is 5.26 Å². The lowest BCUT2D eigenvalue weighted by Crippen LogP contribution is -2.31. The largest absolute Gasteiger partial charge is 0.365 e. The number of aryl methyl sites for hydroxylation is 2. The molecule has 1 aromatic heterocycles. The zero-order valence-corrected chi connectivity index (χ0v) is 11.9. The van der Waals surface area contributed by atoms with Crippen LogP contribution in [0.2, 0.25) is 0 Å². The second kappa shape index (κ2) is 6.23. The molecule has 1 aromatic rings. The first-order chi connectivity index (χ1) is 9.86. The summed E-state index contributed by atoms with van der Waals surface area (Å²) in [6, 6.07) is 4.74. The Morgan fingerprint density at radius 1 is 1.25 bits per heavy atom. The van der Waals surface area contributed by atoms with E-state index in [0.29, 0.717) is 11.6 Å². The predicted molar refractivity (Wildman–Crippen MR) is 79.7 cm³/mol. The van der Waals surface area contributed by atoms with Gasteiger partial charge in [0.25, 0.3) is 0 Å². The number of rotatable bonds is 2. The van der Waals surface area contributed by atoms with E-state index in [1.165, 1.54) is 36.9 Å². The summed E-state index contributed by atoms with van der Waals surface area (Å²) in [5, 5.41) is 16.3. The predicted octanol–water partition coefficient (Wildman–Crippen LogP) is 2.39. The van der Waals surface area contributed by atoms with Gasteiger partial charge in [0, 0.05) is 18.3 Å².